The van der Waals surface area contributed by atoms with Gasteiger partial charge in [-0.05, 0) is 25.0 Å². The number of ketones is 2. The number of hydrogen-bond donors (Lipinski definition) is 4. The minimum Gasteiger partial charge on any atom is -0.396 e. The predicted octanol–water partition coefficient (Wildman–Crippen LogP) is 0.841. The molecule has 8 heteroatoms. The van der Waals surface area contributed by atoms with Crippen molar-refractivity contribution in [3.05, 3.63) is 46.8 Å². The number of carbonyl (C=O) groups is 2. The van der Waals surface area contributed by atoms with Crippen molar-refractivity contribution in [1.82, 2.24) is 10.2 Å². The minimum absolute atomic E-state index is 0.0291. The van der Waals surface area contributed by atoms with Crippen LogP contribution in [0.4, 0.5) is 11.4 Å². The number of aliphatic hydroxyl groups excluding tert-OH is 2. The van der Waals surface area contributed by atoms with Gasteiger partial charge in [-0.25, -0.2) is 0 Å². The van der Waals surface area contributed by atoms with Crippen LogP contribution < -0.4 is 10.6 Å². The lowest BCUT2D eigenvalue weighted by Gasteiger charge is -2.23. The molecule has 0 spiro atoms. The van der Waals surface area contributed by atoms with E-state index in [0.29, 0.717) is 48.4 Å². The number of aliphatic hydroxyl groups is 2. The van der Waals surface area contributed by atoms with Gasteiger partial charge >= 0.3 is 0 Å². The SMILES string of the molecule is O=C1c2cnncc2C(=O)c2c(NCCCO)ccc(NCCCO)c21. The fraction of sp³-hybridized carbons (Fsp3) is 0.333. The molecule has 2 aromatic rings. The first-order valence-corrected chi connectivity index (χ1v) is 8.45. The monoisotopic (exact) mass is 356 g/mol. The van der Waals surface area contributed by atoms with Crippen LogP contribution in [0.5, 0.6) is 0 Å². The first-order valence-electron chi connectivity index (χ1n) is 8.45. The van der Waals surface area contributed by atoms with Crippen molar-refractivity contribution >= 4 is 22.9 Å². The molecule has 1 aliphatic carbocycles. The maximum absolute atomic E-state index is 13.0. The lowest BCUT2D eigenvalue weighted by molar-refractivity contribution is 0.0979. The van der Waals surface area contributed by atoms with E-state index in [2.05, 4.69) is 20.8 Å². The van der Waals surface area contributed by atoms with Crippen LogP contribution >= 0.6 is 0 Å². The Hall–Kier alpha value is -2.84. The molecule has 0 aliphatic heterocycles. The molecule has 1 aliphatic rings. The van der Waals surface area contributed by atoms with Crippen molar-refractivity contribution in [2.24, 2.45) is 0 Å². The lowest BCUT2D eigenvalue weighted by atomic mass is 9.83. The summed E-state index contributed by atoms with van der Waals surface area (Å²) < 4.78 is 0. The van der Waals surface area contributed by atoms with Gasteiger partial charge in [0, 0.05) is 37.7 Å². The molecule has 0 bridgehead atoms. The topological polar surface area (TPSA) is 124 Å². The van der Waals surface area contributed by atoms with E-state index >= 15 is 0 Å². The molecule has 26 heavy (non-hydrogen) atoms. The van der Waals surface area contributed by atoms with E-state index in [-0.39, 0.29) is 35.9 Å². The molecule has 0 unspecified atom stereocenters. The van der Waals surface area contributed by atoms with Crippen molar-refractivity contribution in [3.63, 3.8) is 0 Å². The van der Waals surface area contributed by atoms with Gasteiger partial charge < -0.3 is 20.8 Å². The van der Waals surface area contributed by atoms with Gasteiger partial charge in [0.25, 0.3) is 0 Å². The van der Waals surface area contributed by atoms with Crippen molar-refractivity contribution in [2.75, 3.05) is 36.9 Å². The molecular weight excluding hydrogens is 336 g/mol. The maximum atomic E-state index is 13.0. The van der Waals surface area contributed by atoms with Gasteiger partial charge in [-0.15, -0.1) is 0 Å². The van der Waals surface area contributed by atoms with E-state index in [0.717, 1.165) is 0 Å². The van der Waals surface area contributed by atoms with Crippen LogP contribution in [-0.4, -0.2) is 58.3 Å². The molecule has 3 rings (SSSR count). The molecule has 136 valence electrons. The highest BCUT2D eigenvalue weighted by molar-refractivity contribution is 6.31. The number of nitrogens with zero attached hydrogens (tertiary/aromatic N) is 2. The number of anilines is 2. The summed E-state index contributed by atoms with van der Waals surface area (Å²) in [5.41, 5.74) is 2.14. The fourth-order valence-corrected chi connectivity index (χ4v) is 2.93. The number of hydrogen-bond acceptors (Lipinski definition) is 8. The third-order valence-corrected chi connectivity index (χ3v) is 4.18. The van der Waals surface area contributed by atoms with E-state index in [1.165, 1.54) is 12.4 Å². The maximum Gasteiger partial charge on any atom is 0.198 e. The molecule has 0 radical (unpaired) electrons. The summed E-state index contributed by atoms with van der Waals surface area (Å²) in [6.45, 7) is 1.01. The Labute approximate surface area is 150 Å². The van der Waals surface area contributed by atoms with Crippen molar-refractivity contribution < 1.29 is 19.8 Å². The summed E-state index contributed by atoms with van der Waals surface area (Å²) in [6.07, 6.45) is 3.66. The van der Waals surface area contributed by atoms with Gasteiger partial charge in [0.15, 0.2) is 11.6 Å². The Balaban J connectivity index is 2.07. The minimum atomic E-state index is -0.290. The van der Waals surface area contributed by atoms with Crippen LogP contribution in [0.15, 0.2) is 24.5 Å². The summed E-state index contributed by atoms with van der Waals surface area (Å²) in [6, 6.07) is 3.48. The van der Waals surface area contributed by atoms with Gasteiger partial charge in [0.1, 0.15) is 0 Å². The Kier molecular flexibility index (Phi) is 5.55. The normalized spacial score (nSPS) is 12.5. The Morgan fingerprint density at radius 3 is 1.58 bits per heavy atom. The van der Waals surface area contributed by atoms with Crippen molar-refractivity contribution in [1.29, 1.82) is 0 Å². The second-order valence-electron chi connectivity index (χ2n) is 5.89. The first kappa shape index (κ1) is 18.0. The van der Waals surface area contributed by atoms with Gasteiger partial charge in [-0.2, -0.15) is 10.2 Å². The highest BCUT2D eigenvalue weighted by atomic mass is 16.3. The summed E-state index contributed by atoms with van der Waals surface area (Å²) in [4.78, 5) is 26.0. The third kappa shape index (κ3) is 3.29. The van der Waals surface area contributed by atoms with Gasteiger partial charge in [0.2, 0.25) is 0 Å². The average molecular weight is 356 g/mol. The second kappa shape index (κ2) is 8.03. The Morgan fingerprint density at radius 2 is 1.19 bits per heavy atom. The number of benzene rings is 1. The summed E-state index contributed by atoms with van der Waals surface area (Å²) >= 11 is 0. The number of rotatable bonds is 8. The molecule has 0 saturated carbocycles. The summed E-state index contributed by atoms with van der Waals surface area (Å²) in [5.74, 6) is -0.580. The summed E-state index contributed by atoms with van der Waals surface area (Å²) in [5, 5.41) is 31.6. The first-order chi connectivity index (χ1) is 12.7. The smallest absolute Gasteiger partial charge is 0.198 e. The molecule has 0 fully saturated rings. The molecule has 1 aromatic heterocycles. The zero-order chi connectivity index (χ0) is 18.5. The van der Waals surface area contributed by atoms with Crippen molar-refractivity contribution in [3.8, 4) is 0 Å². The molecule has 0 saturated heterocycles. The van der Waals surface area contributed by atoms with Crippen LogP contribution in [0.25, 0.3) is 0 Å². The highest BCUT2D eigenvalue weighted by Crippen LogP contribution is 2.36. The zero-order valence-corrected chi connectivity index (χ0v) is 14.2. The second-order valence-corrected chi connectivity index (χ2v) is 5.89. The van der Waals surface area contributed by atoms with E-state index in [9.17, 15) is 9.59 Å². The standard InChI is InChI=1S/C18H20N4O4/c23-7-1-5-19-13-3-4-14(20-6-2-8-24)16-15(13)17(25)11-9-21-22-10-12(11)18(16)26/h3-4,9-10,19-20,23-24H,1-2,5-8H2. The molecule has 1 heterocycles. The zero-order valence-electron chi connectivity index (χ0n) is 14.2. The van der Waals surface area contributed by atoms with Crippen LogP contribution in [0, 0.1) is 0 Å². The Morgan fingerprint density at radius 1 is 0.769 bits per heavy atom. The Bertz CT molecular complexity index is 770. The van der Waals surface area contributed by atoms with Gasteiger partial charge in [-0.1, -0.05) is 0 Å². The van der Waals surface area contributed by atoms with Crippen LogP contribution in [0.3, 0.4) is 0 Å². The van der Waals surface area contributed by atoms with Gasteiger partial charge in [0.05, 0.1) is 34.6 Å². The van der Waals surface area contributed by atoms with E-state index in [4.69, 9.17) is 10.2 Å². The van der Waals surface area contributed by atoms with Gasteiger partial charge in [-0.3, -0.25) is 9.59 Å². The van der Waals surface area contributed by atoms with Crippen LogP contribution in [-0.2, 0) is 0 Å². The van der Waals surface area contributed by atoms with E-state index in [1.807, 2.05) is 0 Å². The number of carbonyl (C=O) groups excluding carboxylic acids is 2. The third-order valence-electron chi connectivity index (χ3n) is 4.18. The van der Waals surface area contributed by atoms with E-state index < -0.39 is 0 Å². The van der Waals surface area contributed by atoms with Crippen LogP contribution in [0.1, 0.15) is 44.7 Å². The summed E-state index contributed by atoms with van der Waals surface area (Å²) in [7, 11) is 0. The molecule has 4 N–H and O–H groups in total. The molecule has 8 nitrogen and oxygen atoms in total. The average Bonchev–Trinajstić information content (AvgIpc) is 2.67. The van der Waals surface area contributed by atoms with Crippen LogP contribution in [0.2, 0.25) is 0 Å². The largest absolute Gasteiger partial charge is 0.396 e. The molecular formula is C18H20N4O4. The quantitative estimate of drug-likeness (QED) is 0.438. The highest BCUT2D eigenvalue weighted by Gasteiger charge is 2.34. The number of aromatic nitrogens is 2. The number of fused-ring (bicyclic) bond motifs is 2. The number of nitrogens with one attached hydrogen (secondary N) is 2. The fourth-order valence-electron chi connectivity index (χ4n) is 2.93. The lowest BCUT2D eigenvalue weighted by Crippen LogP contribution is -2.25. The molecule has 0 atom stereocenters. The molecule has 0 amide bonds. The van der Waals surface area contributed by atoms with Crippen molar-refractivity contribution in [2.45, 2.75) is 12.8 Å². The molecule has 1 aromatic carbocycles. The van der Waals surface area contributed by atoms with E-state index in [1.54, 1.807) is 12.1 Å². The predicted molar refractivity (Wildman–Crippen MR) is 95.7 cm³/mol.